The molecule has 0 saturated heterocycles. The monoisotopic (exact) mass is 190 g/mol. The van der Waals surface area contributed by atoms with Crippen molar-refractivity contribution in [1.29, 1.82) is 0 Å². The summed E-state index contributed by atoms with van der Waals surface area (Å²) >= 11 is 0. The Morgan fingerprint density at radius 1 is 1.14 bits per heavy atom. The van der Waals surface area contributed by atoms with Crippen LogP contribution in [0.25, 0.3) is 0 Å². The normalized spacial score (nSPS) is 13.6. The molecule has 0 atom stereocenters. The van der Waals surface area contributed by atoms with E-state index in [9.17, 15) is 0 Å². The van der Waals surface area contributed by atoms with E-state index in [4.69, 9.17) is 0 Å². The summed E-state index contributed by atoms with van der Waals surface area (Å²) in [4.78, 5) is 8.86. The first-order valence-electron chi connectivity index (χ1n) is 5.21. The van der Waals surface area contributed by atoms with Gasteiger partial charge in [0.25, 0.3) is 0 Å². The number of aryl methyl sites for hydroxylation is 1. The minimum absolute atomic E-state index is 0.814. The van der Waals surface area contributed by atoms with Gasteiger partial charge in [-0.2, -0.15) is 0 Å². The molecule has 2 nitrogen and oxygen atoms in total. The summed E-state index contributed by atoms with van der Waals surface area (Å²) in [5.41, 5.74) is 4.79. The third-order valence-corrected chi connectivity index (χ3v) is 2.15. The highest BCUT2D eigenvalue weighted by molar-refractivity contribution is 5.85. The standard InChI is InChI=1S/C10H12N2.C2H6/c1-7-3-4-9-6-11-8(2)5-10(9)12-7;1-2/h3-4H,5-6H2,1-2H3;1-2H3. The molecule has 0 fully saturated rings. The van der Waals surface area contributed by atoms with Crippen molar-refractivity contribution in [2.24, 2.45) is 4.99 Å². The summed E-state index contributed by atoms with van der Waals surface area (Å²) < 4.78 is 0. The summed E-state index contributed by atoms with van der Waals surface area (Å²) in [6.07, 6.45) is 0.928. The van der Waals surface area contributed by atoms with Crippen LogP contribution in [0.2, 0.25) is 0 Å². The van der Waals surface area contributed by atoms with E-state index in [-0.39, 0.29) is 0 Å². The minimum Gasteiger partial charge on any atom is -0.289 e. The van der Waals surface area contributed by atoms with E-state index in [0.717, 1.165) is 18.7 Å². The first-order chi connectivity index (χ1) is 6.75. The highest BCUT2D eigenvalue weighted by Gasteiger charge is 2.09. The third-order valence-electron chi connectivity index (χ3n) is 2.15. The van der Waals surface area contributed by atoms with Gasteiger partial charge in [0.2, 0.25) is 0 Å². The SMILES string of the molecule is CC.CC1=NCc2ccc(C)nc2C1. The molecule has 76 valence electrons. The second kappa shape index (κ2) is 4.89. The van der Waals surface area contributed by atoms with Crippen LogP contribution in [0.4, 0.5) is 0 Å². The van der Waals surface area contributed by atoms with Gasteiger partial charge < -0.3 is 0 Å². The highest BCUT2D eigenvalue weighted by Crippen LogP contribution is 2.14. The van der Waals surface area contributed by atoms with Crippen molar-refractivity contribution in [1.82, 2.24) is 4.98 Å². The van der Waals surface area contributed by atoms with Crippen molar-refractivity contribution >= 4 is 5.71 Å². The van der Waals surface area contributed by atoms with Gasteiger partial charge in [-0.1, -0.05) is 19.9 Å². The summed E-state index contributed by atoms with van der Waals surface area (Å²) in [7, 11) is 0. The fourth-order valence-corrected chi connectivity index (χ4v) is 1.45. The lowest BCUT2D eigenvalue weighted by atomic mass is 10.1. The molecule has 0 spiro atoms. The largest absolute Gasteiger partial charge is 0.289 e. The number of hydrogen-bond donors (Lipinski definition) is 0. The van der Waals surface area contributed by atoms with Gasteiger partial charge in [0.05, 0.1) is 12.2 Å². The molecule has 14 heavy (non-hydrogen) atoms. The Morgan fingerprint density at radius 3 is 2.57 bits per heavy atom. The number of hydrogen-bond acceptors (Lipinski definition) is 2. The maximum absolute atomic E-state index is 4.48. The Labute approximate surface area is 86.1 Å². The number of pyridine rings is 1. The van der Waals surface area contributed by atoms with Crippen LogP contribution in [0, 0.1) is 6.92 Å². The number of nitrogens with zero attached hydrogens (tertiary/aromatic N) is 2. The van der Waals surface area contributed by atoms with Gasteiger partial charge >= 0.3 is 0 Å². The third kappa shape index (κ3) is 2.41. The second-order valence-corrected chi connectivity index (χ2v) is 3.29. The van der Waals surface area contributed by atoms with Gasteiger partial charge in [-0.05, 0) is 25.5 Å². The molecule has 2 heterocycles. The summed E-state index contributed by atoms with van der Waals surface area (Å²) in [6.45, 7) is 8.91. The van der Waals surface area contributed by atoms with E-state index in [1.54, 1.807) is 0 Å². The lowest BCUT2D eigenvalue weighted by Crippen LogP contribution is -2.10. The number of fused-ring (bicyclic) bond motifs is 1. The quantitative estimate of drug-likeness (QED) is 0.617. The fraction of sp³-hybridized carbons (Fsp3) is 0.500. The lowest BCUT2D eigenvalue weighted by molar-refractivity contribution is 0.925. The molecule has 0 unspecified atom stereocenters. The predicted octanol–water partition coefficient (Wildman–Crippen LogP) is 2.93. The minimum atomic E-state index is 0.814. The van der Waals surface area contributed by atoms with Crippen LogP contribution in [0.15, 0.2) is 17.1 Å². The van der Waals surface area contributed by atoms with Crippen LogP contribution in [0.1, 0.15) is 37.7 Å². The average Bonchev–Trinajstić information content (AvgIpc) is 2.20. The van der Waals surface area contributed by atoms with Crippen LogP contribution < -0.4 is 0 Å². The predicted molar refractivity (Wildman–Crippen MR) is 60.8 cm³/mol. The summed E-state index contributed by atoms with van der Waals surface area (Å²) in [6, 6.07) is 4.18. The van der Waals surface area contributed by atoms with Crippen LogP contribution in [-0.4, -0.2) is 10.7 Å². The number of aliphatic imine (C=N–C) groups is 1. The second-order valence-electron chi connectivity index (χ2n) is 3.29. The van der Waals surface area contributed by atoms with E-state index in [2.05, 4.69) is 29.0 Å². The summed E-state index contributed by atoms with van der Waals surface area (Å²) in [5.74, 6) is 0. The van der Waals surface area contributed by atoms with Gasteiger partial charge in [-0.15, -0.1) is 0 Å². The van der Waals surface area contributed by atoms with Crippen molar-refractivity contribution in [3.63, 3.8) is 0 Å². The van der Waals surface area contributed by atoms with E-state index >= 15 is 0 Å². The Bertz CT molecular complexity index is 340. The lowest BCUT2D eigenvalue weighted by Gasteiger charge is -2.12. The van der Waals surface area contributed by atoms with E-state index in [0.29, 0.717) is 0 Å². The highest BCUT2D eigenvalue weighted by atomic mass is 14.8. The Balaban J connectivity index is 0.000000461. The van der Waals surface area contributed by atoms with Crippen molar-refractivity contribution in [2.45, 2.75) is 40.7 Å². The van der Waals surface area contributed by atoms with Crippen molar-refractivity contribution < 1.29 is 0 Å². The molecule has 1 aliphatic heterocycles. The van der Waals surface area contributed by atoms with Crippen LogP contribution in [0.3, 0.4) is 0 Å². The Kier molecular flexibility index (Phi) is 3.81. The van der Waals surface area contributed by atoms with E-state index in [1.807, 2.05) is 20.8 Å². The van der Waals surface area contributed by atoms with Gasteiger partial charge in [-0.3, -0.25) is 9.98 Å². The molecule has 1 aromatic heterocycles. The molecule has 0 saturated carbocycles. The molecule has 2 rings (SSSR count). The molecule has 2 heteroatoms. The zero-order valence-electron chi connectivity index (χ0n) is 9.46. The Morgan fingerprint density at radius 2 is 1.86 bits per heavy atom. The maximum atomic E-state index is 4.48. The zero-order chi connectivity index (χ0) is 10.6. The maximum Gasteiger partial charge on any atom is 0.0657 e. The molecule has 0 amide bonds. The molecule has 1 aromatic rings. The molecule has 1 aliphatic rings. The molecular weight excluding hydrogens is 172 g/mol. The van der Waals surface area contributed by atoms with Gasteiger partial charge in [0.1, 0.15) is 0 Å². The number of aromatic nitrogens is 1. The van der Waals surface area contributed by atoms with Crippen molar-refractivity contribution in [3.8, 4) is 0 Å². The van der Waals surface area contributed by atoms with Crippen LogP contribution in [-0.2, 0) is 13.0 Å². The molecule has 0 N–H and O–H groups in total. The van der Waals surface area contributed by atoms with Crippen molar-refractivity contribution in [3.05, 3.63) is 29.1 Å². The molecule has 0 aromatic carbocycles. The van der Waals surface area contributed by atoms with Crippen molar-refractivity contribution in [2.75, 3.05) is 0 Å². The van der Waals surface area contributed by atoms with E-state index in [1.165, 1.54) is 17.0 Å². The number of rotatable bonds is 0. The molecule has 0 bridgehead atoms. The van der Waals surface area contributed by atoms with Gasteiger partial charge in [0.15, 0.2) is 0 Å². The zero-order valence-corrected chi connectivity index (χ0v) is 9.46. The fourth-order valence-electron chi connectivity index (χ4n) is 1.45. The first kappa shape index (κ1) is 10.9. The van der Waals surface area contributed by atoms with Crippen LogP contribution >= 0.6 is 0 Å². The molecule has 0 aliphatic carbocycles. The molecule has 0 radical (unpaired) electrons. The first-order valence-corrected chi connectivity index (χ1v) is 5.21. The van der Waals surface area contributed by atoms with Gasteiger partial charge in [-0.25, -0.2) is 0 Å². The Hall–Kier alpha value is -1.18. The van der Waals surface area contributed by atoms with Crippen LogP contribution in [0.5, 0.6) is 0 Å². The topological polar surface area (TPSA) is 25.2 Å². The summed E-state index contributed by atoms with van der Waals surface area (Å²) in [5, 5.41) is 0. The van der Waals surface area contributed by atoms with Gasteiger partial charge in [0, 0.05) is 17.8 Å². The van der Waals surface area contributed by atoms with E-state index < -0.39 is 0 Å². The molecular formula is C12H18N2. The smallest absolute Gasteiger partial charge is 0.0657 e. The average molecular weight is 190 g/mol.